The number of benzene rings is 2. The maximum Gasteiger partial charge on any atom is 0.416 e. The molecule has 3 rings (SSSR count). The van der Waals surface area contributed by atoms with Crippen LogP contribution in [0.5, 0.6) is 0 Å². The van der Waals surface area contributed by atoms with E-state index >= 15 is 0 Å². The van der Waals surface area contributed by atoms with E-state index in [0.29, 0.717) is 11.1 Å². The van der Waals surface area contributed by atoms with Gasteiger partial charge in [-0.2, -0.15) is 18.4 Å². The van der Waals surface area contributed by atoms with Crippen LogP contribution < -0.4 is 16.0 Å². The first-order chi connectivity index (χ1) is 16.9. The van der Waals surface area contributed by atoms with Crippen LogP contribution in [0.25, 0.3) is 0 Å². The number of amides is 4. The molecule has 2 aromatic carbocycles. The lowest BCUT2D eigenvalue weighted by Gasteiger charge is -2.35. The molecule has 1 atom stereocenters. The molecule has 188 valence electrons. The monoisotopic (exact) mass is 501 g/mol. The van der Waals surface area contributed by atoms with E-state index in [1.165, 1.54) is 32.2 Å². The molecule has 12 heteroatoms. The Kier molecular flexibility index (Phi) is 7.53. The van der Waals surface area contributed by atoms with Gasteiger partial charge in [0.05, 0.1) is 41.0 Å². The fourth-order valence-corrected chi connectivity index (χ4v) is 3.60. The Labute approximate surface area is 204 Å². The van der Waals surface area contributed by atoms with Gasteiger partial charge in [-0.15, -0.1) is 0 Å². The predicted molar refractivity (Wildman–Crippen MR) is 122 cm³/mol. The van der Waals surface area contributed by atoms with Crippen LogP contribution >= 0.6 is 0 Å². The van der Waals surface area contributed by atoms with Crippen molar-refractivity contribution in [2.75, 3.05) is 25.1 Å². The Morgan fingerprint density at radius 3 is 2.47 bits per heavy atom. The van der Waals surface area contributed by atoms with Crippen LogP contribution in [0.2, 0.25) is 0 Å². The smallest absolute Gasteiger partial charge is 0.416 e. The van der Waals surface area contributed by atoms with Crippen molar-refractivity contribution in [2.45, 2.75) is 19.1 Å². The second kappa shape index (κ2) is 10.4. The van der Waals surface area contributed by atoms with Crippen LogP contribution in [0.1, 0.15) is 29.7 Å². The number of urea groups is 2. The molecule has 9 nitrogen and oxygen atoms in total. The van der Waals surface area contributed by atoms with E-state index in [9.17, 15) is 27.6 Å². The molecule has 0 bridgehead atoms. The van der Waals surface area contributed by atoms with Gasteiger partial charge in [0.2, 0.25) is 0 Å². The number of carbonyl (C=O) groups is 3. The van der Waals surface area contributed by atoms with Gasteiger partial charge in [0.1, 0.15) is 6.61 Å². The number of carbonyl (C=O) groups excluding carboxylic acids is 3. The molecule has 1 unspecified atom stereocenters. The second-order valence-corrected chi connectivity index (χ2v) is 7.89. The summed E-state index contributed by atoms with van der Waals surface area (Å²) in [4.78, 5) is 39.5. The van der Waals surface area contributed by atoms with Crippen LogP contribution in [0.4, 0.5) is 28.4 Å². The summed E-state index contributed by atoms with van der Waals surface area (Å²) in [5, 5.41) is 11.7. The number of rotatable bonds is 6. The first-order valence-electron chi connectivity index (χ1n) is 10.6. The summed E-state index contributed by atoms with van der Waals surface area (Å²) in [6.07, 6.45) is -4.64. The third kappa shape index (κ3) is 5.57. The van der Waals surface area contributed by atoms with Gasteiger partial charge in [0.25, 0.3) is 0 Å². The van der Waals surface area contributed by atoms with Crippen molar-refractivity contribution in [1.29, 1.82) is 5.26 Å². The van der Waals surface area contributed by atoms with Crippen LogP contribution in [0, 0.1) is 11.3 Å². The number of nitrogens with two attached hydrogens (primary N) is 1. The molecule has 0 fully saturated rings. The predicted octanol–water partition coefficient (Wildman–Crippen LogP) is 3.68. The molecule has 0 aliphatic carbocycles. The minimum Gasteiger partial charge on any atom is -0.460 e. The van der Waals surface area contributed by atoms with Gasteiger partial charge in [-0.1, -0.05) is 18.2 Å². The van der Waals surface area contributed by atoms with E-state index in [1.807, 2.05) is 6.07 Å². The van der Waals surface area contributed by atoms with Gasteiger partial charge in [0.15, 0.2) is 0 Å². The van der Waals surface area contributed by atoms with Crippen molar-refractivity contribution >= 4 is 23.7 Å². The van der Waals surface area contributed by atoms with E-state index in [0.717, 1.165) is 28.0 Å². The summed E-state index contributed by atoms with van der Waals surface area (Å²) in [5.41, 5.74) is 4.93. The molecular weight excluding hydrogens is 479 g/mol. The number of nitriles is 1. The maximum absolute atomic E-state index is 13.3. The number of nitrogens with zero attached hydrogens (tertiary/aromatic N) is 3. The minimum absolute atomic E-state index is 0.00135. The highest BCUT2D eigenvalue weighted by molar-refractivity contribution is 6.03. The summed E-state index contributed by atoms with van der Waals surface area (Å²) in [7, 11) is 1.41. The Bertz CT molecular complexity index is 1250. The second-order valence-electron chi connectivity index (χ2n) is 7.89. The highest BCUT2D eigenvalue weighted by atomic mass is 19.4. The molecule has 2 aromatic rings. The number of esters is 1. The topological polar surface area (TPSA) is 129 Å². The molecule has 0 spiro atoms. The third-order valence-electron chi connectivity index (χ3n) is 5.55. The van der Waals surface area contributed by atoms with Gasteiger partial charge >= 0.3 is 24.2 Å². The summed E-state index contributed by atoms with van der Waals surface area (Å²) in [6.45, 7) is 1.20. The zero-order chi connectivity index (χ0) is 26.6. The summed E-state index contributed by atoms with van der Waals surface area (Å²) >= 11 is 0. The minimum atomic E-state index is -4.64. The van der Waals surface area contributed by atoms with Crippen molar-refractivity contribution < 1.29 is 32.3 Å². The van der Waals surface area contributed by atoms with Gasteiger partial charge in [-0.05, 0) is 42.8 Å². The van der Waals surface area contributed by atoms with Gasteiger partial charge in [0, 0.05) is 12.7 Å². The first-order valence-corrected chi connectivity index (χ1v) is 10.6. The van der Waals surface area contributed by atoms with Crippen LogP contribution in [-0.2, 0) is 15.7 Å². The van der Waals surface area contributed by atoms with E-state index < -0.39 is 35.8 Å². The first kappa shape index (κ1) is 26.1. The van der Waals surface area contributed by atoms with Crippen molar-refractivity contribution in [3.63, 3.8) is 0 Å². The van der Waals surface area contributed by atoms with Crippen molar-refractivity contribution in [3.05, 3.63) is 76.5 Å². The molecule has 0 saturated heterocycles. The molecule has 0 saturated carbocycles. The Morgan fingerprint density at radius 2 is 1.89 bits per heavy atom. The van der Waals surface area contributed by atoms with E-state index in [1.54, 1.807) is 12.1 Å². The van der Waals surface area contributed by atoms with Crippen molar-refractivity contribution in [1.82, 2.24) is 10.2 Å². The number of anilines is 1. The highest BCUT2D eigenvalue weighted by Crippen LogP contribution is 2.37. The average molecular weight is 501 g/mol. The molecule has 0 aromatic heterocycles. The molecular formula is C24H22F3N5O4. The fraction of sp³-hybridized carbons (Fsp3) is 0.250. The largest absolute Gasteiger partial charge is 0.460 e. The third-order valence-corrected chi connectivity index (χ3v) is 5.55. The molecule has 1 aliphatic rings. The summed E-state index contributed by atoms with van der Waals surface area (Å²) in [5.74, 6) is -0.850. The fourth-order valence-electron chi connectivity index (χ4n) is 3.60. The number of alkyl halides is 3. The lowest BCUT2D eigenvalue weighted by molar-refractivity contribution is -0.140. The SMILES string of the molecule is CC1=C(C(=O)OCCN(C)C(N)=O)C(c2ccc(C#N)cc2)NC(=O)N1c1cccc(C(F)(F)F)c1. The van der Waals surface area contributed by atoms with E-state index in [-0.39, 0.29) is 30.1 Å². The number of nitrogens with one attached hydrogen (secondary N) is 1. The number of hydrogen-bond acceptors (Lipinski definition) is 5. The van der Waals surface area contributed by atoms with Crippen LogP contribution in [-0.4, -0.2) is 43.1 Å². The molecule has 1 aliphatic heterocycles. The zero-order valence-electron chi connectivity index (χ0n) is 19.3. The Balaban J connectivity index is 2.04. The average Bonchev–Trinajstić information content (AvgIpc) is 2.83. The number of halogens is 3. The van der Waals surface area contributed by atoms with Crippen molar-refractivity contribution in [2.24, 2.45) is 5.73 Å². The maximum atomic E-state index is 13.3. The molecule has 3 N–H and O–H groups in total. The Hall–Kier alpha value is -4.53. The molecule has 36 heavy (non-hydrogen) atoms. The number of hydrogen-bond donors (Lipinski definition) is 2. The molecule has 0 radical (unpaired) electrons. The highest BCUT2D eigenvalue weighted by Gasteiger charge is 2.38. The lowest BCUT2D eigenvalue weighted by atomic mass is 9.94. The molecule has 1 heterocycles. The molecule has 4 amide bonds. The Morgan fingerprint density at radius 1 is 1.22 bits per heavy atom. The quantitative estimate of drug-likeness (QED) is 0.584. The zero-order valence-corrected chi connectivity index (χ0v) is 19.3. The number of likely N-dealkylation sites (N-methyl/N-ethyl adjacent to an activating group) is 1. The number of allylic oxidation sites excluding steroid dienone is 1. The standard InChI is InChI=1S/C24H22F3N5O4/c1-14-19(21(33)36-11-10-31(2)22(29)34)20(16-8-6-15(13-28)7-9-16)30-23(35)32(14)18-5-3-4-17(12-18)24(25,26)27/h3-9,12,20H,10-11H2,1-2H3,(H2,29,34)(H,30,35). The summed E-state index contributed by atoms with van der Waals surface area (Å²) < 4.78 is 45.1. The van der Waals surface area contributed by atoms with Gasteiger partial charge < -0.3 is 20.7 Å². The van der Waals surface area contributed by atoms with Crippen molar-refractivity contribution in [3.8, 4) is 6.07 Å². The normalized spacial score (nSPS) is 15.7. The van der Waals surface area contributed by atoms with E-state index in [2.05, 4.69) is 5.32 Å². The number of ether oxygens (including phenoxy) is 1. The van der Waals surface area contributed by atoms with Crippen LogP contribution in [0.15, 0.2) is 59.8 Å². The van der Waals surface area contributed by atoms with Gasteiger partial charge in [-0.25, -0.2) is 14.4 Å². The summed E-state index contributed by atoms with van der Waals surface area (Å²) in [6, 6.07) is 9.71. The van der Waals surface area contributed by atoms with Gasteiger partial charge in [-0.3, -0.25) is 4.90 Å². The number of primary amides is 1. The van der Waals surface area contributed by atoms with E-state index in [4.69, 9.17) is 15.7 Å². The lowest BCUT2D eigenvalue weighted by Crippen LogP contribution is -2.48. The van der Waals surface area contributed by atoms with Crippen LogP contribution in [0.3, 0.4) is 0 Å².